The van der Waals surface area contributed by atoms with Crippen molar-refractivity contribution in [1.82, 2.24) is 14.8 Å². The van der Waals surface area contributed by atoms with E-state index >= 15 is 0 Å². The molecular formula is C25H25N3S. The van der Waals surface area contributed by atoms with Crippen LogP contribution in [0.1, 0.15) is 27.8 Å². The molecule has 0 saturated heterocycles. The van der Waals surface area contributed by atoms with Crippen molar-refractivity contribution >= 4 is 11.8 Å². The first-order chi connectivity index (χ1) is 14.0. The standard InChI is InChI=1S/C25H25N3S/c1-17-8-7-10-21(14-17)24-26-27-25(28(24)23-11-6-5-9-20(23)4)29-16-22-15-18(2)12-13-19(22)3/h5-15H,16H2,1-4H3. The zero-order valence-corrected chi connectivity index (χ0v) is 18.1. The van der Waals surface area contributed by atoms with Crippen molar-refractivity contribution in [2.24, 2.45) is 0 Å². The van der Waals surface area contributed by atoms with Gasteiger partial charge in [-0.3, -0.25) is 4.57 Å². The summed E-state index contributed by atoms with van der Waals surface area (Å²) in [6.45, 7) is 8.54. The van der Waals surface area contributed by atoms with Crippen molar-refractivity contribution in [3.05, 3.63) is 94.5 Å². The predicted molar refractivity (Wildman–Crippen MR) is 122 cm³/mol. The first-order valence-corrected chi connectivity index (χ1v) is 10.8. The molecule has 0 aliphatic rings. The predicted octanol–water partition coefficient (Wildman–Crippen LogP) is 6.46. The minimum atomic E-state index is 0.866. The Morgan fingerprint density at radius 3 is 2.34 bits per heavy atom. The van der Waals surface area contributed by atoms with Crippen LogP contribution in [-0.4, -0.2) is 14.8 Å². The van der Waals surface area contributed by atoms with Gasteiger partial charge in [-0.15, -0.1) is 10.2 Å². The topological polar surface area (TPSA) is 30.7 Å². The number of hydrogen-bond donors (Lipinski definition) is 0. The SMILES string of the molecule is Cc1cccc(-c2nnc(SCc3cc(C)ccc3C)n2-c2ccccc2C)c1. The molecule has 1 heterocycles. The first-order valence-electron chi connectivity index (χ1n) is 9.80. The van der Waals surface area contributed by atoms with Crippen molar-refractivity contribution < 1.29 is 0 Å². The number of para-hydroxylation sites is 1. The van der Waals surface area contributed by atoms with Crippen LogP contribution >= 0.6 is 11.8 Å². The van der Waals surface area contributed by atoms with Gasteiger partial charge in [0.25, 0.3) is 0 Å². The Morgan fingerprint density at radius 2 is 1.55 bits per heavy atom. The zero-order valence-electron chi connectivity index (χ0n) is 17.3. The van der Waals surface area contributed by atoms with Crippen LogP contribution < -0.4 is 0 Å². The van der Waals surface area contributed by atoms with Crippen molar-refractivity contribution in [3.8, 4) is 17.1 Å². The summed E-state index contributed by atoms with van der Waals surface area (Å²) in [6.07, 6.45) is 0. The molecule has 0 N–H and O–H groups in total. The van der Waals surface area contributed by atoms with Crippen molar-refractivity contribution in [1.29, 1.82) is 0 Å². The van der Waals surface area contributed by atoms with Crippen LogP contribution in [0, 0.1) is 27.7 Å². The number of rotatable bonds is 5. The summed E-state index contributed by atoms with van der Waals surface area (Å²) in [5.41, 5.74) is 8.56. The number of benzene rings is 3. The maximum absolute atomic E-state index is 4.59. The number of hydrogen-bond acceptors (Lipinski definition) is 3. The van der Waals surface area contributed by atoms with E-state index in [0.29, 0.717) is 0 Å². The van der Waals surface area contributed by atoms with E-state index in [9.17, 15) is 0 Å². The first kappa shape index (κ1) is 19.5. The Balaban J connectivity index is 1.78. The van der Waals surface area contributed by atoms with Gasteiger partial charge in [0.05, 0.1) is 5.69 Å². The van der Waals surface area contributed by atoms with Crippen molar-refractivity contribution in [2.45, 2.75) is 38.6 Å². The highest BCUT2D eigenvalue weighted by molar-refractivity contribution is 7.98. The second kappa shape index (κ2) is 8.26. The number of aryl methyl sites for hydroxylation is 4. The molecular weight excluding hydrogens is 374 g/mol. The highest BCUT2D eigenvalue weighted by Crippen LogP contribution is 2.32. The van der Waals surface area contributed by atoms with E-state index in [1.165, 1.54) is 27.8 Å². The van der Waals surface area contributed by atoms with Gasteiger partial charge in [0.1, 0.15) is 0 Å². The van der Waals surface area contributed by atoms with Gasteiger partial charge >= 0.3 is 0 Å². The van der Waals surface area contributed by atoms with Gasteiger partial charge in [-0.25, -0.2) is 0 Å². The summed E-state index contributed by atoms with van der Waals surface area (Å²) in [7, 11) is 0. The fourth-order valence-corrected chi connectivity index (χ4v) is 4.47. The highest BCUT2D eigenvalue weighted by atomic mass is 32.2. The Bertz CT molecular complexity index is 1160. The molecule has 0 radical (unpaired) electrons. The maximum atomic E-state index is 4.59. The number of thioether (sulfide) groups is 1. The molecule has 4 heteroatoms. The van der Waals surface area contributed by atoms with Crippen LogP contribution in [0.2, 0.25) is 0 Å². The van der Waals surface area contributed by atoms with Crippen molar-refractivity contribution in [3.63, 3.8) is 0 Å². The van der Waals surface area contributed by atoms with Gasteiger partial charge < -0.3 is 0 Å². The van der Waals surface area contributed by atoms with E-state index in [4.69, 9.17) is 0 Å². The second-order valence-electron chi connectivity index (χ2n) is 7.52. The summed E-state index contributed by atoms with van der Waals surface area (Å²) in [6, 6.07) is 23.5. The van der Waals surface area contributed by atoms with Gasteiger partial charge in [-0.05, 0) is 56.5 Å². The molecule has 0 saturated carbocycles. The van der Waals surface area contributed by atoms with Crippen LogP contribution in [0.5, 0.6) is 0 Å². The van der Waals surface area contributed by atoms with E-state index < -0.39 is 0 Å². The lowest BCUT2D eigenvalue weighted by Gasteiger charge is -2.13. The molecule has 0 aliphatic heterocycles. The highest BCUT2D eigenvalue weighted by Gasteiger charge is 2.18. The molecule has 0 atom stereocenters. The van der Waals surface area contributed by atoms with Gasteiger partial charge in [-0.2, -0.15) is 0 Å². The molecule has 3 aromatic carbocycles. The molecule has 4 rings (SSSR count). The molecule has 0 amide bonds. The molecule has 4 aromatic rings. The van der Waals surface area contributed by atoms with Gasteiger partial charge in [-0.1, -0.05) is 77.5 Å². The largest absolute Gasteiger partial charge is 0.270 e. The lowest BCUT2D eigenvalue weighted by Crippen LogP contribution is -2.02. The minimum absolute atomic E-state index is 0.866. The lowest BCUT2D eigenvalue weighted by atomic mass is 10.1. The fraction of sp³-hybridized carbons (Fsp3) is 0.200. The normalized spacial score (nSPS) is 11.0. The third-order valence-corrected chi connectivity index (χ3v) is 6.11. The summed E-state index contributed by atoms with van der Waals surface area (Å²) in [5.74, 6) is 1.75. The van der Waals surface area contributed by atoms with Crippen LogP contribution in [-0.2, 0) is 5.75 Å². The molecule has 0 unspecified atom stereocenters. The monoisotopic (exact) mass is 399 g/mol. The molecule has 29 heavy (non-hydrogen) atoms. The zero-order chi connectivity index (χ0) is 20.4. The van der Waals surface area contributed by atoms with E-state index in [2.05, 4.69) is 109 Å². The molecule has 0 bridgehead atoms. The summed E-state index contributed by atoms with van der Waals surface area (Å²) < 4.78 is 2.19. The quantitative estimate of drug-likeness (QED) is 0.361. The second-order valence-corrected chi connectivity index (χ2v) is 8.46. The summed E-state index contributed by atoms with van der Waals surface area (Å²) in [5, 5.41) is 10.1. The fourth-order valence-electron chi connectivity index (χ4n) is 3.46. The lowest BCUT2D eigenvalue weighted by molar-refractivity contribution is 0.880. The van der Waals surface area contributed by atoms with E-state index in [1.807, 2.05) is 0 Å². The van der Waals surface area contributed by atoms with Crippen LogP contribution in [0.15, 0.2) is 71.9 Å². The Morgan fingerprint density at radius 1 is 0.759 bits per heavy atom. The molecule has 3 nitrogen and oxygen atoms in total. The average Bonchev–Trinajstić information content (AvgIpc) is 3.13. The summed E-state index contributed by atoms with van der Waals surface area (Å²) >= 11 is 1.74. The van der Waals surface area contributed by atoms with E-state index in [-0.39, 0.29) is 0 Å². The molecule has 1 aromatic heterocycles. The van der Waals surface area contributed by atoms with Gasteiger partial charge in [0, 0.05) is 11.3 Å². The Kier molecular flexibility index (Phi) is 5.54. The minimum Gasteiger partial charge on any atom is -0.270 e. The molecule has 0 aliphatic carbocycles. The van der Waals surface area contributed by atoms with Crippen molar-refractivity contribution in [2.75, 3.05) is 0 Å². The maximum Gasteiger partial charge on any atom is 0.196 e. The van der Waals surface area contributed by atoms with Crippen LogP contribution in [0.25, 0.3) is 17.1 Å². The Labute approximate surface area is 176 Å². The van der Waals surface area contributed by atoms with E-state index in [0.717, 1.165) is 28.0 Å². The van der Waals surface area contributed by atoms with Crippen LogP contribution in [0.4, 0.5) is 0 Å². The smallest absolute Gasteiger partial charge is 0.196 e. The van der Waals surface area contributed by atoms with Crippen LogP contribution in [0.3, 0.4) is 0 Å². The molecule has 0 fully saturated rings. The third-order valence-electron chi connectivity index (χ3n) is 5.13. The third kappa shape index (κ3) is 4.13. The molecule has 146 valence electrons. The summed E-state index contributed by atoms with van der Waals surface area (Å²) in [4.78, 5) is 0. The number of aromatic nitrogens is 3. The molecule has 0 spiro atoms. The van der Waals surface area contributed by atoms with Gasteiger partial charge in [0.15, 0.2) is 11.0 Å². The Hall–Kier alpha value is -2.85. The van der Waals surface area contributed by atoms with Gasteiger partial charge in [0.2, 0.25) is 0 Å². The number of nitrogens with zero attached hydrogens (tertiary/aromatic N) is 3. The average molecular weight is 400 g/mol. The van der Waals surface area contributed by atoms with E-state index in [1.54, 1.807) is 11.8 Å².